The van der Waals surface area contributed by atoms with Crippen LogP contribution >= 0.6 is 34.8 Å². The molecular weight excluding hydrogens is 371 g/mol. The molecule has 0 fully saturated rings. The van der Waals surface area contributed by atoms with Crippen molar-refractivity contribution in [3.05, 3.63) is 12.1 Å². The van der Waals surface area contributed by atoms with Gasteiger partial charge in [0.1, 0.15) is 0 Å². The second-order valence-corrected chi connectivity index (χ2v) is 6.24. The van der Waals surface area contributed by atoms with Gasteiger partial charge in [-0.25, -0.2) is 9.79 Å². The number of amides is 1. The number of halogens is 3. The monoisotopic (exact) mass is 384 g/mol. The van der Waals surface area contributed by atoms with Crippen LogP contribution in [0.25, 0.3) is 0 Å². The molecule has 128 valence electrons. The first kappa shape index (κ1) is 19.5. The van der Waals surface area contributed by atoms with Crippen molar-refractivity contribution in [2.24, 2.45) is 4.99 Å². The Hall–Kier alpha value is -1.57. The minimum absolute atomic E-state index is 0.247. The molecule has 0 radical (unpaired) electrons. The first-order chi connectivity index (χ1) is 10.8. The summed E-state index contributed by atoms with van der Waals surface area (Å²) in [4.78, 5) is 15.5. The number of ether oxygens (including phenoxy) is 4. The van der Waals surface area contributed by atoms with Gasteiger partial charge in [0, 0.05) is 12.1 Å². The number of nitrogens with zero attached hydrogens (tertiary/aromatic N) is 1. The second kappa shape index (κ2) is 8.33. The number of carbonyl (C=O) groups is 1. The number of amidine groups is 1. The molecule has 23 heavy (non-hydrogen) atoms. The summed E-state index contributed by atoms with van der Waals surface area (Å²) in [5, 5.41) is 2.24. The van der Waals surface area contributed by atoms with Gasteiger partial charge >= 0.3 is 6.09 Å². The first-order valence-corrected chi connectivity index (χ1v) is 7.21. The largest absolute Gasteiger partial charge is 0.493 e. The Morgan fingerprint density at radius 3 is 1.91 bits per heavy atom. The van der Waals surface area contributed by atoms with Gasteiger partial charge in [0.05, 0.1) is 34.1 Å². The van der Waals surface area contributed by atoms with Crippen LogP contribution in [0, 0.1) is 0 Å². The Kier molecular flexibility index (Phi) is 7.05. The number of rotatable bonds is 4. The van der Waals surface area contributed by atoms with E-state index in [0.29, 0.717) is 22.9 Å². The fraction of sp³-hybridized carbons (Fsp3) is 0.385. The van der Waals surface area contributed by atoms with Gasteiger partial charge in [-0.2, -0.15) is 0 Å². The van der Waals surface area contributed by atoms with Crippen molar-refractivity contribution in [1.82, 2.24) is 5.32 Å². The molecule has 1 amide bonds. The van der Waals surface area contributed by atoms with Crippen LogP contribution in [0.3, 0.4) is 0 Å². The predicted octanol–water partition coefficient (Wildman–Crippen LogP) is 3.47. The zero-order chi connectivity index (χ0) is 17.6. The van der Waals surface area contributed by atoms with Crippen molar-refractivity contribution in [3.63, 3.8) is 0 Å². The highest BCUT2D eigenvalue weighted by Gasteiger charge is 2.30. The second-order valence-electron chi connectivity index (χ2n) is 3.96. The van der Waals surface area contributed by atoms with Crippen molar-refractivity contribution in [2.75, 3.05) is 28.4 Å². The number of hydrogen-bond donors (Lipinski definition) is 1. The van der Waals surface area contributed by atoms with E-state index in [9.17, 15) is 4.79 Å². The summed E-state index contributed by atoms with van der Waals surface area (Å²) in [5.74, 6) is 0.841. The predicted molar refractivity (Wildman–Crippen MR) is 89.0 cm³/mol. The molecule has 0 unspecified atom stereocenters. The van der Waals surface area contributed by atoms with Crippen LogP contribution in [0.15, 0.2) is 17.1 Å². The van der Waals surface area contributed by atoms with Gasteiger partial charge in [0.25, 0.3) is 0 Å². The highest BCUT2D eigenvalue weighted by molar-refractivity contribution is 6.77. The van der Waals surface area contributed by atoms with Gasteiger partial charge in [-0.1, -0.05) is 34.8 Å². The number of methoxy groups -OCH3 is 4. The van der Waals surface area contributed by atoms with E-state index in [0.717, 1.165) is 0 Å². The summed E-state index contributed by atoms with van der Waals surface area (Å²) < 4.78 is 18.1. The lowest BCUT2D eigenvalue weighted by Gasteiger charge is -2.16. The number of nitrogens with one attached hydrogen (secondary N) is 1. The van der Waals surface area contributed by atoms with E-state index in [4.69, 9.17) is 49.0 Å². The minimum Gasteiger partial charge on any atom is -0.493 e. The van der Waals surface area contributed by atoms with Crippen LogP contribution < -0.4 is 19.5 Å². The highest BCUT2D eigenvalue weighted by Crippen LogP contribution is 2.41. The number of benzene rings is 1. The third-order valence-electron chi connectivity index (χ3n) is 2.56. The van der Waals surface area contributed by atoms with Crippen LogP contribution in [-0.4, -0.2) is 44.2 Å². The van der Waals surface area contributed by atoms with E-state index in [1.807, 2.05) is 0 Å². The standard InChI is InChI=1S/C13H15Cl3N2O5/c1-20-8-5-7(6-9(21-2)10(8)22-3)17-11(13(14,15)16)18-12(19)23-4/h5-6H,1-4H3,(H,17,18,19). The number of carbonyl (C=O) groups excluding carboxylic acids is 1. The van der Waals surface area contributed by atoms with Crippen LogP contribution in [0.5, 0.6) is 17.2 Å². The Morgan fingerprint density at radius 2 is 1.57 bits per heavy atom. The average Bonchev–Trinajstić information content (AvgIpc) is 2.51. The molecule has 1 N–H and O–H groups in total. The van der Waals surface area contributed by atoms with Crippen LogP contribution in [-0.2, 0) is 4.74 Å². The maximum Gasteiger partial charge on any atom is 0.412 e. The van der Waals surface area contributed by atoms with Gasteiger partial charge in [-0.05, 0) is 0 Å². The average molecular weight is 386 g/mol. The van der Waals surface area contributed by atoms with Crippen molar-refractivity contribution in [3.8, 4) is 17.2 Å². The van der Waals surface area contributed by atoms with Gasteiger partial charge in [-0.3, -0.25) is 5.32 Å². The molecule has 0 heterocycles. The maximum atomic E-state index is 11.3. The Morgan fingerprint density at radius 1 is 1.04 bits per heavy atom. The molecule has 0 saturated heterocycles. The van der Waals surface area contributed by atoms with Crippen LogP contribution in [0.4, 0.5) is 10.5 Å². The molecule has 0 bridgehead atoms. The zero-order valence-corrected chi connectivity index (χ0v) is 15.0. The lowest BCUT2D eigenvalue weighted by Crippen LogP contribution is -2.38. The lowest BCUT2D eigenvalue weighted by molar-refractivity contribution is 0.176. The van der Waals surface area contributed by atoms with Crippen molar-refractivity contribution in [1.29, 1.82) is 0 Å². The lowest BCUT2D eigenvalue weighted by atomic mass is 10.2. The summed E-state index contributed by atoms with van der Waals surface area (Å²) in [5.41, 5.74) is 0.303. The summed E-state index contributed by atoms with van der Waals surface area (Å²) in [7, 11) is 5.54. The van der Waals surface area contributed by atoms with Gasteiger partial charge in [0.2, 0.25) is 9.54 Å². The molecule has 0 saturated carbocycles. The Bertz CT molecular complexity index is 577. The van der Waals surface area contributed by atoms with E-state index in [-0.39, 0.29) is 5.84 Å². The molecule has 0 atom stereocenters. The van der Waals surface area contributed by atoms with E-state index in [1.54, 1.807) is 0 Å². The number of alkyl halides is 3. The maximum absolute atomic E-state index is 11.3. The van der Waals surface area contributed by atoms with Crippen LogP contribution in [0.1, 0.15) is 0 Å². The van der Waals surface area contributed by atoms with E-state index in [1.165, 1.54) is 40.6 Å². The third kappa shape index (κ3) is 5.23. The summed E-state index contributed by atoms with van der Waals surface area (Å²) in [6.07, 6.45) is -0.831. The SMILES string of the molecule is COC(=O)NC(=Nc1cc(OC)c(OC)c(OC)c1)C(Cl)(Cl)Cl. The molecule has 7 nitrogen and oxygen atoms in total. The minimum atomic E-state index is -1.98. The van der Waals surface area contributed by atoms with Crippen molar-refractivity contribution in [2.45, 2.75) is 3.79 Å². The number of alkyl carbamates (subject to hydrolysis) is 1. The molecule has 1 aromatic carbocycles. The molecular formula is C13H15Cl3N2O5. The normalized spacial score (nSPS) is 11.7. The van der Waals surface area contributed by atoms with Crippen LogP contribution in [0.2, 0.25) is 0 Å². The molecule has 0 aromatic heterocycles. The van der Waals surface area contributed by atoms with E-state index >= 15 is 0 Å². The molecule has 10 heteroatoms. The summed E-state index contributed by atoms with van der Waals surface area (Å²) >= 11 is 17.4. The van der Waals surface area contributed by atoms with Crippen molar-refractivity contribution >= 4 is 52.4 Å². The van der Waals surface area contributed by atoms with E-state index in [2.05, 4.69) is 15.0 Å². The molecule has 1 aromatic rings. The fourth-order valence-electron chi connectivity index (χ4n) is 1.57. The fourth-order valence-corrected chi connectivity index (χ4v) is 1.84. The topological polar surface area (TPSA) is 78.4 Å². The first-order valence-electron chi connectivity index (χ1n) is 6.07. The zero-order valence-electron chi connectivity index (χ0n) is 12.8. The number of hydrogen-bond acceptors (Lipinski definition) is 6. The van der Waals surface area contributed by atoms with Gasteiger partial charge in [-0.15, -0.1) is 0 Å². The molecule has 0 aliphatic heterocycles. The molecule has 0 aliphatic rings. The van der Waals surface area contributed by atoms with Gasteiger partial charge in [0.15, 0.2) is 17.3 Å². The Labute approximate surface area is 148 Å². The summed E-state index contributed by atoms with van der Waals surface area (Å²) in [6.45, 7) is 0. The highest BCUT2D eigenvalue weighted by atomic mass is 35.6. The van der Waals surface area contributed by atoms with Gasteiger partial charge < -0.3 is 18.9 Å². The molecule has 0 spiro atoms. The summed E-state index contributed by atoms with van der Waals surface area (Å²) in [6, 6.07) is 3.05. The number of aliphatic imine (C=N–C) groups is 1. The Balaban J connectivity index is 3.38. The third-order valence-corrected chi connectivity index (χ3v) is 3.10. The smallest absolute Gasteiger partial charge is 0.412 e. The quantitative estimate of drug-likeness (QED) is 0.488. The van der Waals surface area contributed by atoms with Crippen molar-refractivity contribution < 1.29 is 23.7 Å². The molecule has 1 rings (SSSR count). The molecule has 0 aliphatic carbocycles. The van der Waals surface area contributed by atoms with E-state index < -0.39 is 9.89 Å².